The van der Waals surface area contributed by atoms with Crippen LogP contribution in [0.3, 0.4) is 0 Å². The summed E-state index contributed by atoms with van der Waals surface area (Å²) in [6, 6.07) is 10.3. The Morgan fingerprint density at radius 2 is 2.13 bits per heavy atom. The maximum Gasteiger partial charge on any atom is 0.174 e. The highest BCUT2D eigenvalue weighted by molar-refractivity contribution is 7.80. The normalized spacial score (nSPS) is 11.8. The lowest BCUT2D eigenvalue weighted by Gasteiger charge is -2.32. The third-order valence-electron chi connectivity index (χ3n) is 3.55. The van der Waals surface area contributed by atoms with E-state index in [2.05, 4.69) is 10.3 Å². The minimum atomic E-state index is -0.337. The van der Waals surface area contributed by atoms with Gasteiger partial charge in [-0.2, -0.15) is 0 Å². The van der Waals surface area contributed by atoms with Gasteiger partial charge in [-0.1, -0.05) is 18.2 Å². The van der Waals surface area contributed by atoms with E-state index in [0.29, 0.717) is 24.0 Å². The molecule has 2 aromatic rings. The number of para-hydroxylation sites is 1. The Labute approximate surface area is 141 Å². The van der Waals surface area contributed by atoms with Crippen LogP contribution in [0.2, 0.25) is 0 Å². The van der Waals surface area contributed by atoms with Crippen LogP contribution >= 0.6 is 12.2 Å². The Balaban J connectivity index is 2.17. The van der Waals surface area contributed by atoms with E-state index in [1.165, 1.54) is 6.07 Å². The highest BCUT2D eigenvalue weighted by Gasteiger charge is 2.19. The van der Waals surface area contributed by atoms with E-state index in [0.717, 1.165) is 5.56 Å². The van der Waals surface area contributed by atoms with Gasteiger partial charge in [0.2, 0.25) is 0 Å². The number of hydrogen-bond donors (Lipinski definition) is 1. The summed E-state index contributed by atoms with van der Waals surface area (Å²) in [5, 5.41) is 3.42. The summed E-state index contributed by atoms with van der Waals surface area (Å²) in [6.45, 7) is 3.14. The first-order valence-corrected chi connectivity index (χ1v) is 7.75. The van der Waals surface area contributed by atoms with Gasteiger partial charge in [-0.05, 0) is 42.9 Å². The molecule has 0 fully saturated rings. The van der Waals surface area contributed by atoms with E-state index in [1.807, 2.05) is 24.0 Å². The number of benzene rings is 1. The molecule has 1 N–H and O–H groups in total. The van der Waals surface area contributed by atoms with Crippen molar-refractivity contribution in [2.24, 2.45) is 0 Å². The monoisotopic (exact) mass is 333 g/mol. The summed E-state index contributed by atoms with van der Waals surface area (Å²) in [7, 11) is 1.64. The van der Waals surface area contributed by atoms with Gasteiger partial charge in [0.05, 0.1) is 18.3 Å². The minimum Gasteiger partial charge on any atom is -0.383 e. The Kier molecular flexibility index (Phi) is 6.43. The molecular formula is C17H20FN3OS. The minimum absolute atomic E-state index is 0.00868. The van der Waals surface area contributed by atoms with Crippen molar-refractivity contribution >= 4 is 23.0 Å². The van der Waals surface area contributed by atoms with E-state index >= 15 is 0 Å². The zero-order valence-corrected chi connectivity index (χ0v) is 14.0. The van der Waals surface area contributed by atoms with Gasteiger partial charge < -0.3 is 15.0 Å². The molecule has 1 atom stereocenters. The van der Waals surface area contributed by atoms with Crippen LogP contribution in [-0.4, -0.2) is 35.3 Å². The third kappa shape index (κ3) is 4.71. The predicted molar refractivity (Wildman–Crippen MR) is 93.9 cm³/mol. The van der Waals surface area contributed by atoms with E-state index < -0.39 is 0 Å². The molecule has 0 aliphatic rings. The van der Waals surface area contributed by atoms with Gasteiger partial charge >= 0.3 is 0 Å². The fourth-order valence-electron chi connectivity index (χ4n) is 2.21. The van der Waals surface area contributed by atoms with Crippen LogP contribution in [0.1, 0.15) is 18.5 Å². The van der Waals surface area contributed by atoms with Crippen molar-refractivity contribution in [2.45, 2.75) is 13.0 Å². The first-order chi connectivity index (χ1) is 11.1. The molecule has 1 aromatic carbocycles. The van der Waals surface area contributed by atoms with Gasteiger partial charge in [0.25, 0.3) is 0 Å². The molecule has 0 aliphatic carbocycles. The Morgan fingerprint density at radius 1 is 1.35 bits per heavy atom. The maximum atomic E-state index is 13.8. The van der Waals surface area contributed by atoms with Crippen molar-refractivity contribution in [1.82, 2.24) is 9.88 Å². The van der Waals surface area contributed by atoms with Crippen molar-refractivity contribution in [1.29, 1.82) is 0 Å². The van der Waals surface area contributed by atoms with E-state index in [1.54, 1.807) is 37.7 Å². The van der Waals surface area contributed by atoms with Gasteiger partial charge in [-0.25, -0.2) is 4.39 Å². The lowest BCUT2D eigenvalue weighted by molar-refractivity contribution is 0.165. The number of pyridine rings is 1. The van der Waals surface area contributed by atoms with Gasteiger partial charge in [0, 0.05) is 26.0 Å². The summed E-state index contributed by atoms with van der Waals surface area (Å²) in [5.41, 5.74) is 1.39. The fourth-order valence-corrected chi connectivity index (χ4v) is 2.57. The van der Waals surface area contributed by atoms with Crippen molar-refractivity contribution in [3.63, 3.8) is 0 Å². The number of methoxy groups -OCH3 is 1. The van der Waals surface area contributed by atoms with Crippen molar-refractivity contribution in [3.05, 3.63) is 60.2 Å². The quantitative estimate of drug-likeness (QED) is 0.817. The van der Waals surface area contributed by atoms with Crippen LogP contribution in [0.15, 0.2) is 48.8 Å². The highest BCUT2D eigenvalue weighted by Crippen LogP contribution is 2.21. The number of anilines is 1. The smallest absolute Gasteiger partial charge is 0.174 e. The molecule has 1 aromatic heterocycles. The summed E-state index contributed by atoms with van der Waals surface area (Å²) in [6.07, 6.45) is 3.53. The lowest BCUT2D eigenvalue weighted by Crippen LogP contribution is -2.39. The molecule has 1 heterocycles. The maximum absolute atomic E-state index is 13.8. The number of halogens is 1. The van der Waals surface area contributed by atoms with Gasteiger partial charge in [0.1, 0.15) is 5.82 Å². The molecule has 23 heavy (non-hydrogen) atoms. The Morgan fingerprint density at radius 3 is 2.78 bits per heavy atom. The molecule has 0 bridgehead atoms. The number of aromatic nitrogens is 1. The number of thiocarbonyl (C=S) groups is 1. The summed E-state index contributed by atoms with van der Waals surface area (Å²) < 4.78 is 19.0. The molecule has 4 nitrogen and oxygen atoms in total. The van der Waals surface area contributed by atoms with Crippen LogP contribution in [0.4, 0.5) is 10.1 Å². The van der Waals surface area contributed by atoms with Gasteiger partial charge in [-0.15, -0.1) is 0 Å². The highest BCUT2D eigenvalue weighted by atomic mass is 32.1. The average Bonchev–Trinajstić information content (AvgIpc) is 2.58. The summed E-state index contributed by atoms with van der Waals surface area (Å²) >= 11 is 5.48. The Hall–Kier alpha value is -2.05. The number of hydrogen-bond acceptors (Lipinski definition) is 3. The standard InChI is InChI=1S/C17H20FN3OS/c1-13(14-6-5-9-19-12-14)21(10-11-22-2)17(23)20-16-8-4-3-7-15(16)18/h3-9,12-13H,10-11H2,1-2H3,(H,20,23). The Bertz CT molecular complexity index is 639. The molecular weight excluding hydrogens is 313 g/mol. The zero-order valence-electron chi connectivity index (χ0n) is 13.2. The third-order valence-corrected chi connectivity index (χ3v) is 3.88. The zero-order chi connectivity index (χ0) is 16.7. The van der Waals surface area contributed by atoms with Crippen molar-refractivity contribution in [2.75, 3.05) is 25.6 Å². The van der Waals surface area contributed by atoms with Crippen LogP contribution in [0.5, 0.6) is 0 Å². The SMILES string of the molecule is COCCN(C(=S)Nc1ccccc1F)C(C)c1cccnc1. The van der Waals surface area contributed by atoms with Crippen LogP contribution in [0, 0.1) is 5.82 Å². The average molecular weight is 333 g/mol. The molecule has 0 saturated heterocycles. The molecule has 0 aliphatic heterocycles. The molecule has 0 amide bonds. The van der Waals surface area contributed by atoms with Crippen LogP contribution < -0.4 is 5.32 Å². The van der Waals surface area contributed by atoms with E-state index in [4.69, 9.17) is 17.0 Å². The largest absolute Gasteiger partial charge is 0.383 e. The molecule has 1 unspecified atom stereocenters. The fraction of sp³-hybridized carbons (Fsp3) is 0.294. The molecule has 0 spiro atoms. The molecule has 2 rings (SSSR count). The summed E-state index contributed by atoms with van der Waals surface area (Å²) in [4.78, 5) is 6.10. The number of nitrogens with one attached hydrogen (secondary N) is 1. The molecule has 6 heteroatoms. The molecule has 122 valence electrons. The van der Waals surface area contributed by atoms with Gasteiger partial charge in [-0.3, -0.25) is 4.98 Å². The molecule has 0 radical (unpaired) electrons. The second-order valence-electron chi connectivity index (χ2n) is 5.06. The van der Waals surface area contributed by atoms with Crippen LogP contribution in [0.25, 0.3) is 0 Å². The van der Waals surface area contributed by atoms with Gasteiger partial charge in [0.15, 0.2) is 5.11 Å². The first-order valence-electron chi connectivity index (χ1n) is 7.34. The lowest BCUT2D eigenvalue weighted by atomic mass is 10.1. The first kappa shape index (κ1) is 17.3. The topological polar surface area (TPSA) is 37.4 Å². The number of rotatable bonds is 6. The second kappa shape index (κ2) is 8.55. The van der Waals surface area contributed by atoms with Crippen molar-refractivity contribution in [3.8, 4) is 0 Å². The predicted octanol–water partition coefficient (Wildman–Crippen LogP) is 3.63. The van der Waals surface area contributed by atoms with Crippen LogP contribution in [-0.2, 0) is 4.74 Å². The second-order valence-corrected chi connectivity index (χ2v) is 5.45. The van der Waals surface area contributed by atoms with Crippen molar-refractivity contribution < 1.29 is 9.13 Å². The van der Waals surface area contributed by atoms with E-state index in [9.17, 15) is 4.39 Å². The van der Waals surface area contributed by atoms with E-state index in [-0.39, 0.29) is 11.9 Å². The molecule has 0 saturated carbocycles. The summed E-state index contributed by atoms with van der Waals surface area (Å²) in [5.74, 6) is -0.337. The number of ether oxygens (including phenoxy) is 1. The number of nitrogens with zero attached hydrogens (tertiary/aromatic N) is 2.